The number of nitrogens with one attached hydrogen (secondary N) is 1. The van der Waals surface area contributed by atoms with Crippen molar-refractivity contribution in [3.8, 4) is 11.5 Å². The average molecular weight is 481 g/mol. The van der Waals surface area contributed by atoms with E-state index in [0.717, 1.165) is 5.56 Å². The van der Waals surface area contributed by atoms with Gasteiger partial charge in [-0.2, -0.15) is 0 Å². The second-order valence-electron chi connectivity index (χ2n) is 7.99. The lowest BCUT2D eigenvalue weighted by atomic mass is 10.0. The van der Waals surface area contributed by atoms with Crippen molar-refractivity contribution >= 4 is 34.9 Å². The number of fused-ring (bicyclic) bond motifs is 1. The number of aryl methyl sites for hydroxylation is 1. The van der Waals surface area contributed by atoms with Gasteiger partial charge in [0.05, 0.1) is 12.7 Å². The van der Waals surface area contributed by atoms with Crippen LogP contribution in [0.2, 0.25) is 5.02 Å². The number of hydrogen-bond donors (Lipinski definition) is 2. The summed E-state index contributed by atoms with van der Waals surface area (Å²) in [5, 5.41) is 13.4. The minimum atomic E-state index is -1.10. The Labute approximate surface area is 202 Å². The molecular formula is C26H25ClN2O5. The molecule has 7 nitrogen and oxygen atoms in total. The van der Waals surface area contributed by atoms with Crippen LogP contribution in [-0.4, -0.2) is 30.2 Å². The quantitative estimate of drug-likeness (QED) is 0.453. The van der Waals surface area contributed by atoms with E-state index in [-0.39, 0.29) is 23.8 Å². The van der Waals surface area contributed by atoms with Crippen molar-refractivity contribution in [2.75, 3.05) is 17.3 Å². The van der Waals surface area contributed by atoms with Crippen LogP contribution >= 0.6 is 11.6 Å². The van der Waals surface area contributed by atoms with Crippen molar-refractivity contribution in [3.63, 3.8) is 0 Å². The van der Waals surface area contributed by atoms with Crippen LogP contribution in [0.4, 0.5) is 11.4 Å². The first kappa shape index (κ1) is 23.4. The maximum absolute atomic E-state index is 13.7. The van der Waals surface area contributed by atoms with Crippen LogP contribution in [0.3, 0.4) is 0 Å². The number of nitrogens with zero attached hydrogens (tertiary/aromatic N) is 1. The number of hydrogen-bond acceptors (Lipinski definition) is 5. The van der Waals surface area contributed by atoms with E-state index in [1.54, 1.807) is 30.0 Å². The van der Waals surface area contributed by atoms with E-state index < -0.39 is 18.2 Å². The number of carbonyl (C=O) groups is 2. The highest BCUT2D eigenvalue weighted by atomic mass is 35.5. The van der Waals surface area contributed by atoms with Gasteiger partial charge in [-0.1, -0.05) is 42.8 Å². The molecule has 2 atom stereocenters. The second kappa shape index (κ2) is 9.65. The van der Waals surface area contributed by atoms with Gasteiger partial charge in [-0.25, -0.2) is 4.79 Å². The largest absolute Gasteiger partial charge is 0.493 e. The number of carboxylic acids is 1. The number of carboxylic acid groups (broad SMARTS) is 1. The number of ether oxygens (including phenoxy) is 2. The molecule has 4 rings (SSSR count). The number of halogens is 1. The molecule has 2 unspecified atom stereocenters. The predicted molar refractivity (Wildman–Crippen MR) is 131 cm³/mol. The standard InChI is InChI=1S/C26H25ClN2O5/c1-4-21(26(31)32)34-23-19(13-16(27)14-22(23)33-3)24-28-20-11-6-5-10-18(20)25(30)29(24)17-9-7-8-15(2)12-17/h5-14,21,24,28H,4H2,1-3H3,(H,31,32). The van der Waals surface area contributed by atoms with Gasteiger partial charge in [0.15, 0.2) is 17.6 Å². The Morgan fingerprint density at radius 2 is 1.94 bits per heavy atom. The number of anilines is 2. The summed E-state index contributed by atoms with van der Waals surface area (Å²) in [6.07, 6.45) is -1.60. The summed E-state index contributed by atoms with van der Waals surface area (Å²) in [5.74, 6) is -0.817. The van der Waals surface area contributed by atoms with Gasteiger partial charge in [0.25, 0.3) is 5.91 Å². The lowest BCUT2D eigenvalue weighted by Crippen LogP contribution is -2.43. The monoisotopic (exact) mass is 480 g/mol. The molecule has 1 heterocycles. The molecule has 0 saturated heterocycles. The fraction of sp³-hybridized carbons (Fsp3) is 0.231. The summed E-state index contributed by atoms with van der Waals surface area (Å²) in [5.41, 5.74) is 3.31. The van der Waals surface area contributed by atoms with E-state index in [1.807, 2.05) is 49.4 Å². The van der Waals surface area contributed by atoms with E-state index in [0.29, 0.717) is 27.5 Å². The fourth-order valence-electron chi connectivity index (χ4n) is 4.04. The summed E-state index contributed by atoms with van der Waals surface area (Å²) in [7, 11) is 1.46. The Morgan fingerprint density at radius 1 is 1.18 bits per heavy atom. The number of rotatable bonds is 7. The number of aliphatic carboxylic acids is 1. The van der Waals surface area contributed by atoms with Crippen LogP contribution in [0, 0.1) is 6.92 Å². The molecule has 0 aromatic heterocycles. The molecule has 1 amide bonds. The van der Waals surface area contributed by atoms with Gasteiger partial charge < -0.3 is 19.9 Å². The number of amides is 1. The first-order chi connectivity index (χ1) is 16.3. The highest BCUT2D eigenvalue weighted by molar-refractivity contribution is 6.31. The highest BCUT2D eigenvalue weighted by Crippen LogP contribution is 2.44. The molecule has 0 fully saturated rings. The molecule has 3 aromatic rings. The summed E-state index contributed by atoms with van der Waals surface area (Å²) in [6, 6.07) is 18.0. The Balaban J connectivity index is 1.94. The third-order valence-corrected chi connectivity index (χ3v) is 5.89. The van der Waals surface area contributed by atoms with Crippen LogP contribution in [0.1, 0.15) is 41.0 Å². The van der Waals surface area contributed by atoms with E-state index in [2.05, 4.69) is 5.32 Å². The lowest BCUT2D eigenvalue weighted by molar-refractivity contribution is -0.145. The first-order valence-electron chi connectivity index (χ1n) is 10.9. The van der Waals surface area contributed by atoms with Gasteiger partial charge in [0.1, 0.15) is 6.17 Å². The SMILES string of the molecule is CCC(Oc1c(OC)cc(Cl)cc1C1Nc2ccccc2C(=O)N1c1cccc(C)c1)C(=O)O. The minimum Gasteiger partial charge on any atom is -0.493 e. The second-order valence-corrected chi connectivity index (χ2v) is 8.42. The molecule has 0 aliphatic carbocycles. The van der Waals surface area contributed by atoms with Gasteiger partial charge in [-0.05, 0) is 49.2 Å². The number of benzene rings is 3. The van der Waals surface area contributed by atoms with Gasteiger partial charge in [-0.15, -0.1) is 0 Å². The van der Waals surface area contributed by atoms with E-state index in [4.69, 9.17) is 21.1 Å². The van der Waals surface area contributed by atoms with Crippen LogP contribution < -0.4 is 19.7 Å². The van der Waals surface area contributed by atoms with E-state index >= 15 is 0 Å². The van der Waals surface area contributed by atoms with Gasteiger partial charge in [-0.3, -0.25) is 9.69 Å². The normalized spacial score (nSPS) is 15.8. The molecule has 1 aliphatic rings. The predicted octanol–water partition coefficient (Wildman–Crippen LogP) is 5.67. The van der Waals surface area contributed by atoms with Crippen molar-refractivity contribution in [1.29, 1.82) is 0 Å². The van der Waals surface area contributed by atoms with Crippen molar-refractivity contribution < 1.29 is 24.2 Å². The van der Waals surface area contributed by atoms with Crippen molar-refractivity contribution in [3.05, 3.63) is 82.4 Å². The number of carbonyl (C=O) groups excluding carboxylic acids is 1. The topological polar surface area (TPSA) is 88.1 Å². The van der Waals surface area contributed by atoms with Gasteiger partial charge in [0.2, 0.25) is 0 Å². The number of methoxy groups -OCH3 is 1. The van der Waals surface area contributed by atoms with Gasteiger partial charge in [0, 0.05) is 28.0 Å². The molecule has 0 saturated carbocycles. The van der Waals surface area contributed by atoms with Crippen LogP contribution in [0.25, 0.3) is 0 Å². The Hall–Kier alpha value is -3.71. The smallest absolute Gasteiger partial charge is 0.344 e. The molecule has 176 valence electrons. The molecule has 8 heteroatoms. The minimum absolute atomic E-state index is 0.208. The van der Waals surface area contributed by atoms with E-state index in [9.17, 15) is 14.7 Å². The summed E-state index contributed by atoms with van der Waals surface area (Å²) in [6.45, 7) is 3.67. The lowest BCUT2D eigenvalue weighted by Gasteiger charge is -2.39. The third kappa shape index (κ3) is 4.39. The molecule has 0 spiro atoms. The van der Waals surface area contributed by atoms with E-state index in [1.165, 1.54) is 7.11 Å². The van der Waals surface area contributed by atoms with Gasteiger partial charge >= 0.3 is 5.97 Å². The van der Waals surface area contributed by atoms with Crippen molar-refractivity contribution in [2.45, 2.75) is 32.5 Å². The maximum atomic E-state index is 13.7. The van der Waals surface area contributed by atoms with Crippen LogP contribution in [0.15, 0.2) is 60.7 Å². The zero-order chi connectivity index (χ0) is 24.4. The van der Waals surface area contributed by atoms with Crippen molar-refractivity contribution in [1.82, 2.24) is 0 Å². The Kier molecular flexibility index (Phi) is 6.65. The molecule has 0 radical (unpaired) electrons. The molecule has 0 bridgehead atoms. The first-order valence-corrected chi connectivity index (χ1v) is 11.2. The molecule has 34 heavy (non-hydrogen) atoms. The molecule has 2 N–H and O–H groups in total. The third-order valence-electron chi connectivity index (χ3n) is 5.68. The van der Waals surface area contributed by atoms with Crippen molar-refractivity contribution in [2.24, 2.45) is 0 Å². The molecule has 1 aliphatic heterocycles. The maximum Gasteiger partial charge on any atom is 0.344 e. The summed E-state index contributed by atoms with van der Waals surface area (Å²) in [4.78, 5) is 27.1. The molecular weight excluding hydrogens is 456 g/mol. The molecule has 3 aromatic carbocycles. The highest BCUT2D eigenvalue weighted by Gasteiger charge is 2.37. The number of para-hydroxylation sites is 1. The zero-order valence-corrected chi connectivity index (χ0v) is 19.8. The van der Waals surface area contributed by atoms with Crippen LogP contribution in [-0.2, 0) is 4.79 Å². The average Bonchev–Trinajstić information content (AvgIpc) is 2.82. The fourth-order valence-corrected chi connectivity index (χ4v) is 4.25. The summed E-state index contributed by atoms with van der Waals surface area (Å²) >= 11 is 6.43. The van der Waals surface area contributed by atoms with Crippen LogP contribution in [0.5, 0.6) is 11.5 Å². The Bertz CT molecular complexity index is 1250. The zero-order valence-electron chi connectivity index (χ0n) is 19.0. The Morgan fingerprint density at radius 3 is 2.62 bits per heavy atom. The summed E-state index contributed by atoms with van der Waals surface area (Å²) < 4.78 is 11.5.